The van der Waals surface area contributed by atoms with E-state index in [4.69, 9.17) is 0 Å². The van der Waals surface area contributed by atoms with Crippen LogP contribution in [-0.4, -0.2) is 30.4 Å². The predicted molar refractivity (Wildman–Crippen MR) is 74.5 cm³/mol. The number of amides is 1. The van der Waals surface area contributed by atoms with E-state index in [2.05, 4.69) is 44.1 Å². The van der Waals surface area contributed by atoms with E-state index in [1.54, 1.807) is 0 Å². The van der Waals surface area contributed by atoms with Crippen molar-refractivity contribution in [1.29, 1.82) is 0 Å². The topological polar surface area (TPSA) is 32.3 Å². The van der Waals surface area contributed by atoms with Crippen LogP contribution >= 0.6 is 12.4 Å². The molecule has 4 heteroatoms. The number of nitrogens with one attached hydrogen (secondary N) is 1. The zero-order chi connectivity index (χ0) is 12.4. The van der Waals surface area contributed by atoms with Gasteiger partial charge in [-0.05, 0) is 22.6 Å². The third-order valence-electron chi connectivity index (χ3n) is 5.57. The van der Waals surface area contributed by atoms with Crippen molar-refractivity contribution in [2.75, 3.05) is 19.6 Å². The highest BCUT2D eigenvalue weighted by atomic mass is 35.5. The predicted octanol–water partition coefficient (Wildman–Crippen LogP) is 2.04. The standard InChI is InChI=1S/C14H22N2O.ClH/c1-13(2)11(14(13,3)4)12(17)16-7-9-5-15-6-10(9)8-16;/h5,10-11,15H,6-8H2,1-4H3;1H. The molecule has 2 heterocycles. The maximum Gasteiger partial charge on any atom is 0.227 e. The number of hydrogen-bond acceptors (Lipinski definition) is 2. The maximum absolute atomic E-state index is 12.5. The average Bonchev–Trinajstić information content (AvgIpc) is 2.64. The molecule has 0 aromatic rings. The minimum Gasteiger partial charge on any atom is -0.390 e. The highest BCUT2D eigenvalue weighted by Gasteiger charge is 2.69. The summed E-state index contributed by atoms with van der Waals surface area (Å²) in [5, 5.41) is 3.26. The van der Waals surface area contributed by atoms with Crippen LogP contribution in [0.2, 0.25) is 0 Å². The van der Waals surface area contributed by atoms with E-state index in [9.17, 15) is 4.79 Å². The number of carbonyl (C=O) groups excluding carboxylic acids is 1. The van der Waals surface area contributed by atoms with E-state index in [1.165, 1.54) is 5.57 Å². The number of carbonyl (C=O) groups is 1. The highest BCUT2D eigenvalue weighted by molar-refractivity contribution is 5.85. The van der Waals surface area contributed by atoms with Crippen molar-refractivity contribution in [3.63, 3.8) is 0 Å². The SMILES string of the molecule is CC1(C)C(C(=O)N2CC3=CNCC3C2)C1(C)C.Cl. The quantitative estimate of drug-likeness (QED) is 0.791. The van der Waals surface area contributed by atoms with Gasteiger partial charge in [0.25, 0.3) is 0 Å². The molecular formula is C14H23ClN2O. The van der Waals surface area contributed by atoms with Crippen LogP contribution in [0.15, 0.2) is 11.8 Å². The van der Waals surface area contributed by atoms with Gasteiger partial charge in [0, 0.05) is 31.5 Å². The lowest BCUT2D eigenvalue weighted by Gasteiger charge is -2.17. The Balaban J connectivity index is 0.00000120. The number of nitrogens with zero attached hydrogens (tertiary/aromatic N) is 1. The van der Waals surface area contributed by atoms with Gasteiger partial charge in [-0.1, -0.05) is 27.7 Å². The van der Waals surface area contributed by atoms with E-state index >= 15 is 0 Å². The lowest BCUT2D eigenvalue weighted by atomic mass is 10.0. The van der Waals surface area contributed by atoms with Crippen molar-refractivity contribution in [2.24, 2.45) is 22.7 Å². The normalized spacial score (nSPS) is 31.2. The number of rotatable bonds is 1. The first-order valence-electron chi connectivity index (χ1n) is 6.57. The fraction of sp³-hybridized carbons (Fsp3) is 0.786. The van der Waals surface area contributed by atoms with Gasteiger partial charge in [0.1, 0.15) is 0 Å². The van der Waals surface area contributed by atoms with Gasteiger partial charge in [-0.3, -0.25) is 4.79 Å². The molecule has 0 spiro atoms. The number of hydrogen-bond donors (Lipinski definition) is 1. The monoisotopic (exact) mass is 270 g/mol. The van der Waals surface area contributed by atoms with Crippen LogP contribution < -0.4 is 5.32 Å². The maximum atomic E-state index is 12.5. The molecule has 1 atom stereocenters. The zero-order valence-corrected chi connectivity index (χ0v) is 12.4. The molecule has 1 amide bonds. The Hall–Kier alpha value is -0.700. The van der Waals surface area contributed by atoms with Gasteiger partial charge in [-0.15, -0.1) is 12.4 Å². The second kappa shape index (κ2) is 3.89. The Morgan fingerprint density at radius 2 is 1.94 bits per heavy atom. The molecule has 1 N–H and O–H groups in total. The first-order valence-corrected chi connectivity index (χ1v) is 6.57. The third kappa shape index (κ3) is 1.59. The Kier molecular flexibility index (Phi) is 2.97. The summed E-state index contributed by atoms with van der Waals surface area (Å²) in [6.45, 7) is 11.6. The summed E-state index contributed by atoms with van der Waals surface area (Å²) in [4.78, 5) is 14.6. The van der Waals surface area contributed by atoms with Gasteiger partial charge in [-0.25, -0.2) is 0 Å². The van der Waals surface area contributed by atoms with Crippen molar-refractivity contribution >= 4 is 18.3 Å². The largest absolute Gasteiger partial charge is 0.390 e. The summed E-state index contributed by atoms with van der Waals surface area (Å²) in [5.41, 5.74) is 1.73. The zero-order valence-electron chi connectivity index (χ0n) is 11.6. The molecule has 1 aliphatic carbocycles. The fourth-order valence-electron chi connectivity index (χ4n) is 3.65. The van der Waals surface area contributed by atoms with Crippen molar-refractivity contribution < 1.29 is 4.79 Å². The molecule has 0 aromatic carbocycles. The van der Waals surface area contributed by atoms with E-state index in [0.29, 0.717) is 11.8 Å². The number of fused-ring (bicyclic) bond motifs is 1. The average molecular weight is 271 g/mol. The summed E-state index contributed by atoms with van der Waals surface area (Å²) < 4.78 is 0. The molecule has 1 saturated heterocycles. The van der Waals surface area contributed by atoms with Crippen LogP contribution in [0.4, 0.5) is 0 Å². The van der Waals surface area contributed by atoms with Gasteiger partial charge in [-0.2, -0.15) is 0 Å². The molecule has 3 rings (SSSR count). The molecule has 0 bridgehead atoms. The molecule has 1 unspecified atom stereocenters. The highest BCUT2D eigenvalue weighted by Crippen LogP contribution is 2.68. The Morgan fingerprint density at radius 3 is 2.44 bits per heavy atom. The Labute approximate surface area is 115 Å². The summed E-state index contributed by atoms with van der Waals surface area (Å²) in [6.07, 6.45) is 2.10. The van der Waals surface area contributed by atoms with E-state index in [1.807, 2.05) is 0 Å². The minimum absolute atomic E-state index is 0. The Bertz CT molecular complexity index is 400. The molecule has 3 nitrogen and oxygen atoms in total. The molecule has 1 saturated carbocycles. The molecule has 0 radical (unpaired) electrons. The van der Waals surface area contributed by atoms with E-state index in [-0.39, 0.29) is 29.2 Å². The van der Waals surface area contributed by atoms with Crippen molar-refractivity contribution in [3.05, 3.63) is 11.8 Å². The van der Waals surface area contributed by atoms with Crippen molar-refractivity contribution in [3.8, 4) is 0 Å². The Morgan fingerprint density at radius 1 is 1.33 bits per heavy atom. The molecular weight excluding hydrogens is 248 g/mol. The summed E-state index contributed by atoms with van der Waals surface area (Å²) in [5.74, 6) is 1.15. The molecule has 2 fully saturated rings. The molecule has 2 aliphatic heterocycles. The van der Waals surface area contributed by atoms with Gasteiger partial charge < -0.3 is 10.2 Å². The molecule has 3 aliphatic rings. The van der Waals surface area contributed by atoms with Gasteiger partial charge in [0.05, 0.1) is 0 Å². The first-order chi connectivity index (χ1) is 7.85. The van der Waals surface area contributed by atoms with E-state index < -0.39 is 0 Å². The van der Waals surface area contributed by atoms with Crippen LogP contribution in [0.1, 0.15) is 27.7 Å². The van der Waals surface area contributed by atoms with Crippen LogP contribution in [0.25, 0.3) is 0 Å². The van der Waals surface area contributed by atoms with Gasteiger partial charge in [0.2, 0.25) is 5.91 Å². The summed E-state index contributed by atoms with van der Waals surface area (Å²) in [6, 6.07) is 0. The van der Waals surface area contributed by atoms with Crippen LogP contribution in [0.3, 0.4) is 0 Å². The van der Waals surface area contributed by atoms with E-state index in [0.717, 1.165) is 19.6 Å². The smallest absolute Gasteiger partial charge is 0.227 e. The summed E-state index contributed by atoms with van der Waals surface area (Å²) >= 11 is 0. The molecule has 102 valence electrons. The fourth-order valence-corrected chi connectivity index (χ4v) is 3.65. The number of likely N-dealkylation sites (tertiary alicyclic amines) is 1. The second-order valence-electron chi connectivity index (χ2n) is 6.92. The van der Waals surface area contributed by atoms with Crippen molar-refractivity contribution in [1.82, 2.24) is 10.2 Å². The summed E-state index contributed by atoms with van der Waals surface area (Å²) in [7, 11) is 0. The van der Waals surface area contributed by atoms with Crippen LogP contribution in [0, 0.1) is 22.7 Å². The van der Waals surface area contributed by atoms with Gasteiger partial charge in [0.15, 0.2) is 0 Å². The number of halogens is 1. The third-order valence-corrected chi connectivity index (χ3v) is 5.57. The van der Waals surface area contributed by atoms with Crippen molar-refractivity contribution in [2.45, 2.75) is 27.7 Å². The van der Waals surface area contributed by atoms with Crippen LogP contribution in [-0.2, 0) is 4.79 Å². The lowest BCUT2D eigenvalue weighted by molar-refractivity contribution is -0.132. The van der Waals surface area contributed by atoms with Crippen LogP contribution in [0.5, 0.6) is 0 Å². The lowest BCUT2D eigenvalue weighted by Crippen LogP contribution is -2.33. The minimum atomic E-state index is 0. The molecule has 18 heavy (non-hydrogen) atoms. The van der Waals surface area contributed by atoms with Gasteiger partial charge >= 0.3 is 0 Å². The molecule has 0 aromatic heterocycles. The first kappa shape index (κ1) is 13.7. The second-order valence-corrected chi connectivity index (χ2v) is 6.92.